The van der Waals surface area contributed by atoms with Gasteiger partial charge in [0.2, 0.25) is 0 Å². The number of hydrogen-bond acceptors (Lipinski definition) is 3. The first-order valence-electron chi connectivity index (χ1n) is 6.47. The quantitative estimate of drug-likeness (QED) is 0.875. The molecule has 5 heteroatoms. The molecule has 19 heavy (non-hydrogen) atoms. The second-order valence-corrected chi connectivity index (χ2v) is 5.62. The summed E-state index contributed by atoms with van der Waals surface area (Å²) >= 11 is 5.75. The van der Waals surface area contributed by atoms with E-state index in [1.54, 1.807) is 12.1 Å². The van der Waals surface area contributed by atoms with E-state index in [2.05, 4.69) is 24.2 Å². The lowest BCUT2D eigenvalue weighted by Gasteiger charge is -2.35. The highest BCUT2D eigenvalue weighted by Gasteiger charge is 2.24. The van der Waals surface area contributed by atoms with Gasteiger partial charge in [0, 0.05) is 23.7 Å². The van der Waals surface area contributed by atoms with Crippen molar-refractivity contribution in [1.82, 2.24) is 10.2 Å². The molecule has 1 saturated heterocycles. The minimum atomic E-state index is -0.240. The molecular weight excluding hydrogens is 264 g/mol. The van der Waals surface area contributed by atoms with Gasteiger partial charge < -0.3 is 15.3 Å². The lowest BCUT2D eigenvalue weighted by Crippen LogP contribution is -2.47. The standard InChI is InChI=1S/C14H19ClN2O2/c1-9-7-11(5-6-17(9)2)16-14(19)12-4-3-10(15)8-13(12)18/h3-4,8-9,11,18H,5-7H2,1-2H3,(H,16,19). The van der Waals surface area contributed by atoms with Gasteiger partial charge >= 0.3 is 0 Å². The molecule has 104 valence electrons. The molecule has 1 aromatic rings. The maximum atomic E-state index is 12.1. The van der Waals surface area contributed by atoms with Crippen molar-refractivity contribution in [3.63, 3.8) is 0 Å². The molecule has 0 spiro atoms. The normalized spacial score (nSPS) is 24.2. The summed E-state index contributed by atoms with van der Waals surface area (Å²) in [5, 5.41) is 13.1. The summed E-state index contributed by atoms with van der Waals surface area (Å²) in [6.07, 6.45) is 1.86. The third-order valence-electron chi connectivity index (χ3n) is 3.75. The van der Waals surface area contributed by atoms with Gasteiger partial charge in [0.25, 0.3) is 5.91 Å². The van der Waals surface area contributed by atoms with E-state index in [0.717, 1.165) is 19.4 Å². The summed E-state index contributed by atoms with van der Waals surface area (Å²) in [6.45, 7) is 3.12. The van der Waals surface area contributed by atoms with Crippen LogP contribution in [0.4, 0.5) is 0 Å². The lowest BCUT2D eigenvalue weighted by atomic mass is 9.98. The van der Waals surface area contributed by atoms with Crippen molar-refractivity contribution in [2.45, 2.75) is 31.8 Å². The van der Waals surface area contributed by atoms with Gasteiger partial charge in [0.1, 0.15) is 5.75 Å². The molecule has 2 rings (SSSR count). The Labute approximate surface area is 118 Å². The fourth-order valence-electron chi connectivity index (χ4n) is 2.38. The molecule has 2 atom stereocenters. The number of benzene rings is 1. The van der Waals surface area contributed by atoms with E-state index < -0.39 is 0 Å². The number of carbonyl (C=O) groups excluding carboxylic acids is 1. The number of nitrogens with zero attached hydrogens (tertiary/aromatic N) is 1. The van der Waals surface area contributed by atoms with Gasteiger partial charge in [0.15, 0.2) is 0 Å². The monoisotopic (exact) mass is 282 g/mol. The molecule has 1 heterocycles. The maximum Gasteiger partial charge on any atom is 0.255 e. The molecule has 1 aliphatic heterocycles. The lowest BCUT2D eigenvalue weighted by molar-refractivity contribution is 0.0894. The summed E-state index contributed by atoms with van der Waals surface area (Å²) in [6, 6.07) is 5.15. The molecule has 0 saturated carbocycles. The van der Waals surface area contributed by atoms with E-state index >= 15 is 0 Å². The molecule has 1 amide bonds. The highest BCUT2D eigenvalue weighted by molar-refractivity contribution is 6.30. The minimum absolute atomic E-state index is 0.0778. The molecular formula is C14H19ClN2O2. The van der Waals surface area contributed by atoms with Gasteiger partial charge in [-0.1, -0.05) is 11.6 Å². The first kappa shape index (κ1) is 14.2. The highest BCUT2D eigenvalue weighted by atomic mass is 35.5. The van der Waals surface area contributed by atoms with Gasteiger partial charge in [-0.2, -0.15) is 0 Å². The highest BCUT2D eigenvalue weighted by Crippen LogP contribution is 2.22. The number of carbonyl (C=O) groups is 1. The summed E-state index contributed by atoms with van der Waals surface area (Å²) < 4.78 is 0. The number of phenols is 1. The van der Waals surface area contributed by atoms with Crippen LogP contribution in [0.2, 0.25) is 5.02 Å². The molecule has 1 fully saturated rings. The van der Waals surface area contributed by atoms with E-state index in [1.807, 2.05) is 0 Å². The van der Waals surface area contributed by atoms with Crippen molar-refractivity contribution < 1.29 is 9.90 Å². The van der Waals surface area contributed by atoms with Crippen LogP contribution in [-0.2, 0) is 0 Å². The summed E-state index contributed by atoms with van der Waals surface area (Å²) in [5.41, 5.74) is 0.274. The Hall–Kier alpha value is -1.26. The van der Waals surface area contributed by atoms with E-state index in [0.29, 0.717) is 11.1 Å². The molecule has 2 unspecified atom stereocenters. The molecule has 2 N–H and O–H groups in total. The van der Waals surface area contributed by atoms with Crippen LogP contribution in [0, 0.1) is 0 Å². The van der Waals surface area contributed by atoms with Crippen molar-refractivity contribution in [2.24, 2.45) is 0 Å². The fourth-order valence-corrected chi connectivity index (χ4v) is 2.55. The van der Waals surface area contributed by atoms with Crippen molar-refractivity contribution in [1.29, 1.82) is 0 Å². The van der Waals surface area contributed by atoms with E-state index in [4.69, 9.17) is 11.6 Å². The number of halogens is 1. The van der Waals surface area contributed by atoms with E-state index in [9.17, 15) is 9.90 Å². The van der Waals surface area contributed by atoms with Crippen LogP contribution in [0.1, 0.15) is 30.1 Å². The molecule has 1 aromatic carbocycles. The zero-order valence-corrected chi connectivity index (χ0v) is 11.9. The van der Waals surface area contributed by atoms with Crippen LogP contribution in [0.3, 0.4) is 0 Å². The van der Waals surface area contributed by atoms with Crippen LogP contribution >= 0.6 is 11.6 Å². The second kappa shape index (κ2) is 5.80. The van der Waals surface area contributed by atoms with Gasteiger partial charge in [-0.25, -0.2) is 0 Å². The zero-order chi connectivity index (χ0) is 14.0. The predicted octanol–water partition coefficient (Wildman–Crippen LogP) is 2.26. The van der Waals surface area contributed by atoms with E-state index in [-0.39, 0.29) is 23.3 Å². The largest absolute Gasteiger partial charge is 0.507 e. The first-order chi connectivity index (χ1) is 8.97. The number of likely N-dealkylation sites (tertiary alicyclic amines) is 1. The Kier molecular flexibility index (Phi) is 4.32. The first-order valence-corrected chi connectivity index (χ1v) is 6.85. The molecule has 4 nitrogen and oxygen atoms in total. The van der Waals surface area contributed by atoms with Crippen LogP contribution in [-0.4, -0.2) is 41.6 Å². The average molecular weight is 283 g/mol. The SMILES string of the molecule is CC1CC(NC(=O)c2ccc(Cl)cc2O)CCN1C. The van der Waals surface area contributed by atoms with Crippen LogP contribution in [0.25, 0.3) is 0 Å². The average Bonchev–Trinajstić information content (AvgIpc) is 2.33. The third kappa shape index (κ3) is 3.39. The summed E-state index contributed by atoms with van der Waals surface area (Å²) in [5.74, 6) is -0.318. The smallest absolute Gasteiger partial charge is 0.255 e. The Morgan fingerprint density at radius 2 is 2.26 bits per heavy atom. The van der Waals surface area contributed by atoms with Crippen LogP contribution in [0.15, 0.2) is 18.2 Å². The molecule has 0 aromatic heterocycles. The molecule has 0 radical (unpaired) electrons. The van der Waals surface area contributed by atoms with Crippen molar-refractivity contribution in [2.75, 3.05) is 13.6 Å². The third-order valence-corrected chi connectivity index (χ3v) is 3.98. The molecule has 1 aliphatic rings. The predicted molar refractivity (Wildman–Crippen MR) is 75.7 cm³/mol. The molecule has 0 bridgehead atoms. The maximum absolute atomic E-state index is 12.1. The number of aromatic hydroxyl groups is 1. The van der Waals surface area contributed by atoms with Gasteiger partial charge in [0.05, 0.1) is 5.56 Å². The van der Waals surface area contributed by atoms with Crippen molar-refractivity contribution in [3.05, 3.63) is 28.8 Å². The Morgan fingerprint density at radius 3 is 2.89 bits per heavy atom. The number of hydrogen-bond donors (Lipinski definition) is 2. The number of amides is 1. The topological polar surface area (TPSA) is 52.6 Å². The number of rotatable bonds is 2. The number of piperidine rings is 1. The molecule has 0 aliphatic carbocycles. The number of phenolic OH excluding ortho intramolecular Hbond substituents is 1. The Bertz CT molecular complexity index is 479. The summed E-state index contributed by atoms with van der Waals surface area (Å²) in [4.78, 5) is 14.4. The minimum Gasteiger partial charge on any atom is -0.507 e. The van der Waals surface area contributed by atoms with Gasteiger partial charge in [-0.15, -0.1) is 0 Å². The van der Waals surface area contributed by atoms with Crippen LogP contribution < -0.4 is 5.32 Å². The van der Waals surface area contributed by atoms with Crippen LogP contribution in [0.5, 0.6) is 5.75 Å². The van der Waals surface area contributed by atoms with Crippen molar-refractivity contribution in [3.8, 4) is 5.75 Å². The summed E-state index contributed by atoms with van der Waals surface area (Å²) in [7, 11) is 2.09. The van der Waals surface area contributed by atoms with Gasteiger partial charge in [-0.05, 0) is 45.0 Å². The Morgan fingerprint density at radius 1 is 1.53 bits per heavy atom. The Balaban J connectivity index is 2.01. The van der Waals surface area contributed by atoms with Crippen molar-refractivity contribution >= 4 is 17.5 Å². The fraction of sp³-hybridized carbons (Fsp3) is 0.500. The van der Waals surface area contributed by atoms with E-state index in [1.165, 1.54) is 6.07 Å². The second-order valence-electron chi connectivity index (χ2n) is 5.19. The zero-order valence-electron chi connectivity index (χ0n) is 11.2. The number of nitrogens with one attached hydrogen (secondary N) is 1. The van der Waals surface area contributed by atoms with Gasteiger partial charge in [-0.3, -0.25) is 4.79 Å².